The second-order valence-electron chi connectivity index (χ2n) is 11.8. The van der Waals surface area contributed by atoms with Crippen LogP contribution in [0.2, 0.25) is 10.0 Å². The van der Waals surface area contributed by atoms with Gasteiger partial charge in [0.15, 0.2) is 0 Å². The lowest BCUT2D eigenvalue weighted by Gasteiger charge is -2.41. The van der Waals surface area contributed by atoms with Gasteiger partial charge in [-0.2, -0.15) is 0 Å². The Kier molecular flexibility index (Phi) is 9.27. The molecule has 202 valence electrons. The third-order valence-corrected chi connectivity index (χ3v) is 6.85. The molecule has 37 heavy (non-hydrogen) atoms. The maximum Gasteiger partial charge on any atom is 0.238 e. The summed E-state index contributed by atoms with van der Waals surface area (Å²) >= 11 is 12.2. The van der Waals surface area contributed by atoms with E-state index in [1.54, 1.807) is 37.3 Å². The van der Waals surface area contributed by atoms with Gasteiger partial charge in [0.25, 0.3) is 0 Å². The summed E-state index contributed by atoms with van der Waals surface area (Å²) < 4.78 is 15.1. The van der Waals surface area contributed by atoms with Gasteiger partial charge >= 0.3 is 0 Å². The van der Waals surface area contributed by atoms with Crippen LogP contribution in [0.15, 0.2) is 36.4 Å². The van der Waals surface area contributed by atoms with Gasteiger partial charge in [-0.3, -0.25) is 9.59 Å². The molecule has 2 aromatic rings. The fraction of sp³-hybridized carbons (Fsp3) is 0.500. The highest BCUT2D eigenvalue weighted by Crippen LogP contribution is 2.44. The van der Waals surface area contributed by atoms with E-state index in [4.69, 9.17) is 23.2 Å². The monoisotopic (exact) mass is 551 g/mol. The summed E-state index contributed by atoms with van der Waals surface area (Å²) in [6.45, 7) is 10.9. The van der Waals surface area contributed by atoms with E-state index in [-0.39, 0.29) is 22.9 Å². The molecule has 1 heterocycles. The minimum Gasteiger partial charge on any atom is -0.390 e. The number of amides is 2. The molecule has 0 aromatic heterocycles. The molecular weight excluding hydrogens is 516 g/mol. The van der Waals surface area contributed by atoms with Crippen molar-refractivity contribution in [2.24, 2.45) is 5.41 Å². The molecular formula is C28H36Cl2FN3O3. The van der Waals surface area contributed by atoms with Gasteiger partial charge in [0.05, 0.1) is 16.7 Å². The first kappa shape index (κ1) is 29.4. The van der Waals surface area contributed by atoms with E-state index in [2.05, 4.69) is 43.6 Å². The van der Waals surface area contributed by atoms with E-state index in [0.717, 1.165) is 5.56 Å². The highest BCUT2D eigenvalue weighted by atomic mass is 35.5. The first-order chi connectivity index (χ1) is 17.2. The fourth-order valence-electron chi connectivity index (χ4n) is 4.91. The van der Waals surface area contributed by atoms with Crippen LogP contribution in [0.4, 0.5) is 10.1 Å². The molecule has 1 aliphatic carbocycles. The minimum absolute atomic E-state index is 0.0234. The molecule has 1 saturated heterocycles. The Hall–Kier alpha value is -2.19. The van der Waals surface area contributed by atoms with Crippen LogP contribution in [0.3, 0.4) is 0 Å². The molecule has 2 fully saturated rings. The number of anilines is 1. The summed E-state index contributed by atoms with van der Waals surface area (Å²) in [5.74, 6) is -1.75. The molecule has 2 unspecified atom stereocenters. The van der Waals surface area contributed by atoms with Gasteiger partial charge in [0.2, 0.25) is 12.3 Å². The molecule has 1 aliphatic heterocycles. The minimum atomic E-state index is -0.777. The van der Waals surface area contributed by atoms with Crippen molar-refractivity contribution in [1.29, 1.82) is 0 Å². The molecule has 2 aromatic carbocycles. The molecule has 6 nitrogen and oxygen atoms in total. The van der Waals surface area contributed by atoms with Gasteiger partial charge in [-0.25, -0.2) is 4.39 Å². The van der Waals surface area contributed by atoms with Crippen LogP contribution < -0.4 is 16.0 Å². The first-order valence-corrected chi connectivity index (χ1v) is 13.2. The summed E-state index contributed by atoms with van der Waals surface area (Å²) in [4.78, 5) is 24.3. The molecule has 3 atom stereocenters. The topological polar surface area (TPSA) is 90.5 Å². The van der Waals surface area contributed by atoms with E-state index in [1.807, 2.05) is 0 Å². The van der Waals surface area contributed by atoms with E-state index >= 15 is 4.39 Å². The predicted octanol–water partition coefficient (Wildman–Crippen LogP) is 5.62. The lowest BCUT2D eigenvalue weighted by Crippen LogP contribution is -2.56. The number of carbonyl (C=O) groups excluding carboxylic acids is 2. The van der Waals surface area contributed by atoms with Gasteiger partial charge in [0.1, 0.15) is 5.82 Å². The van der Waals surface area contributed by atoms with Crippen molar-refractivity contribution in [3.05, 3.63) is 63.4 Å². The average molecular weight is 553 g/mol. The average Bonchev–Trinajstić information content (AvgIpc) is 3.18. The number of benzene rings is 2. The van der Waals surface area contributed by atoms with Crippen LogP contribution in [-0.2, 0) is 9.59 Å². The van der Waals surface area contributed by atoms with Gasteiger partial charge in [-0.1, -0.05) is 69.1 Å². The fourth-order valence-corrected chi connectivity index (χ4v) is 5.26. The largest absolute Gasteiger partial charge is 0.390 e. The Morgan fingerprint density at radius 1 is 1.16 bits per heavy atom. The zero-order valence-electron chi connectivity index (χ0n) is 21.9. The lowest BCUT2D eigenvalue weighted by molar-refractivity contribution is -0.127. The molecule has 2 amide bonds. The number of aliphatic hydroxyl groups is 1. The number of hydrogen-bond acceptors (Lipinski definition) is 4. The Bertz CT molecular complexity index is 1120. The van der Waals surface area contributed by atoms with Crippen molar-refractivity contribution >= 4 is 41.2 Å². The number of rotatable bonds is 6. The summed E-state index contributed by atoms with van der Waals surface area (Å²) in [5.41, 5.74) is 1.28. The van der Waals surface area contributed by atoms with Gasteiger partial charge in [-0.15, -0.1) is 0 Å². The molecule has 0 bridgehead atoms. The van der Waals surface area contributed by atoms with Crippen LogP contribution in [0.25, 0.3) is 0 Å². The van der Waals surface area contributed by atoms with E-state index < -0.39 is 23.4 Å². The Morgan fingerprint density at radius 3 is 2.41 bits per heavy atom. The molecule has 4 rings (SSSR count). The van der Waals surface area contributed by atoms with Gasteiger partial charge < -0.3 is 21.1 Å². The van der Waals surface area contributed by atoms with Crippen molar-refractivity contribution < 1.29 is 19.1 Å². The van der Waals surface area contributed by atoms with Crippen LogP contribution >= 0.6 is 23.2 Å². The van der Waals surface area contributed by atoms with Crippen LogP contribution in [0.1, 0.15) is 70.4 Å². The second kappa shape index (κ2) is 11.7. The molecule has 1 saturated carbocycles. The Labute approximate surface area is 228 Å². The number of nitrogens with one attached hydrogen (secondary N) is 3. The van der Waals surface area contributed by atoms with Gasteiger partial charge in [0, 0.05) is 35.1 Å². The number of halogens is 3. The highest BCUT2D eigenvalue weighted by molar-refractivity contribution is 6.31. The van der Waals surface area contributed by atoms with Gasteiger partial charge in [-0.05, 0) is 54.5 Å². The van der Waals surface area contributed by atoms with Crippen molar-refractivity contribution in [2.75, 3.05) is 11.9 Å². The maximum absolute atomic E-state index is 15.1. The molecule has 0 spiro atoms. The van der Waals surface area contributed by atoms with Crippen molar-refractivity contribution in [3.63, 3.8) is 0 Å². The highest BCUT2D eigenvalue weighted by Gasteiger charge is 2.46. The van der Waals surface area contributed by atoms with Crippen LogP contribution in [0.5, 0.6) is 0 Å². The van der Waals surface area contributed by atoms with Crippen molar-refractivity contribution in [1.82, 2.24) is 10.6 Å². The zero-order valence-corrected chi connectivity index (χ0v) is 23.4. The van der Waals surface area contributed by atoms with E-state index in [9.17, 15) is 14.7 Å². The predicted molar refractivity (Wildman–Crippen MR) is 147 cm³/mol. The molecule has 9 heteroatoms. The number of carbonyl (C=O) groups is 2. The normalized spacial score (nSPS) is 26.9. The smallest absolute Gasteiger partial charge is 0.238 e. The summed E-state index contributed by atoms with van der Waals surface area (Å²) in [6.07, 6.45) is 1.49. The summed E-state index contributed by atoms with van der Waals surface area (Å²) in [6, 6.07) is 8.99. The summed E-state index contributed by atoms with van der Waals surface area (Å²) in [5, 5.41) is 19.2. The summed E-state index contributed by atoms with van der Waals surface area (Å²) in [7, 11) is 0. The number of hydrogen-bond donors (Lipinski definition) is 4. The lowest BCUT2D eigenvalue weighted by atomic mass is 9.76. The first-order valence-electron chi connectivity index (χ1n) is 12.4. The Morgan fingerprint density at radius 2 is 1.81 bits per heavy atom. The van der Waals surface area contributed by atoms with Crippen LogP contribution in [0, 0.1) is 11.2 Å². The third kappa shape index (κ3) is 7.66. The Balaban J connectivity index is 0.000000695. The third-order valence-electron chi connectivity index (χ3n) is 6.32. The SMILES string of the molecule is CC(C)(C)C.CC1(O)CC(NC(=O)[C@@H]2NCC(c3ccc(Cl)cc3NC=O)C2c2cccc(Cl)c2F)C1. The van der Waals surface area contributed by atoms with Crippen molar-refractivity contribution in [3.8, 4) is 0 Å². The standard InChI is InChI=1S/C23H24Cl2FN3O3.C5H12/c1-23(32)8-13(9-23)29-22(31)21-19(15-3-2-4-17(25)20(15)26)16(10-27-21)14-6-5-12(24)7-18(14)28-11-30;1-5(2,3)4/h2-7,11,13,16,19,21,27,32H,8-10H2,1H3,(H,28,30)(H,29,31);1-4H3/t13?,16?,19?,21-,23?;/m1./s1. The van der Waals surface area contributed by atoms with E-state index in [1.165, 1.54) is 6.07 Å². The second-order valence-corrected chi connectivity index (χ2v) is 12.6. The van der Waals surface area contributed by atoms with Crippen molar-refractivity contribution in [2.45, 2.75) is 77.0 Å². The zero-order chi connectivity index (χ0) is 27.5. The molecule has 4 N–H and O–H groups in total. The molecule has 2 aliphatic rings. The van der Waals surface area contributed by atoms with Crippen LogP contribution in [-0.4, -0.2) is 41.7 Å². The molecule has 0 radical (unpaired) electrons. The maximum atomic E-state index is 15.1. The quantitative estimate of drug-likeness (QED) is 0.350. The van der Waals surface area contributed by atoms with E-state index in [0.29, 0.717) is 47.5 Å².